The van der Waals surface area contributed by atoms with Crippen LogP contribution in [0.25, 0.3) is 0 Å². The highest BCUT2D eigenvalue weighted by molar-refractivity contribution is 7.99. The molecule has 1 amide bonds. The molecule has 1 aromatic heterocycles. The molecule has 1 N–H and O–H groups in total. The maximum absolute atomic E-state index is 12.4. The largest absolute Gasteiger partial charge is 0.486 e. The number of rotatable bonds is 10. The van der Waals surface area contributed by atoms with Crippen LogP contribution in [0, 0.1) is 13.8 Å². The van der Waals surface area contributed by atoms with Crippen molar-refractivity contribution in [2.75, 3.05) is 11.1 Å². The molecule has 166 valence electrons. The Bertz CT molecular complexity index is 1140. The van der Waals surface area contributed by atoms with Crippen LogP contribution < -0.4 is 10.1 Å². The molecule has 32 heavy (non-hydrogen) atoms. The lowest BCUT2D eigenvalue weighted by Crippen LogP contribution is -2.15. The Hall–Kier alpha value is -3.39. The molecular formula is C24H26N4O3S. The van der Waals surface area contributed by atoms with Crippen LogP contribution >= 0.6 is 11.8 Å². The lowest BCUT2D eigenvalue weighted by atomic mass is 10.1. The molecule has 3 rings (SSSR count). The summed E-state index contributed by atoms with van der Waals surface area (Å²) in [6, 6.07) is 12.8. The molecule has 0 unspecified atom stereocenters. The maximum atomic E-state index is 12.4. The van der Waals surface area contributed by atoms with Crippen LogP contribution in [0.4, 0.5) is 5.69 Å². The van der Waals surface area contributed by atoms with Gasteiger partial charge < -0.3 is 10.1 Å². The Balaban J connectivity index is 1.62. The van der Waals surface area contributed by atoms with Gasteiger partial charge in [-0.05, 0) is 56.2 Å². The molecule has 0 saturated heterocycles. The summed E-state index contributed by atoms with van der Waals surface area (Å²) in [6.45, 7) is 10.1. The summed E-state index contributed by atoms with van der Waals surface area (Å²) in [5.74, 6) is 1.32. The number of carbonyl (C=O) groups is 2. The summed E-state index contributed by atoms with van der Waals surface area (Å²) >= 11 is 1.28. The lowest BCUT2D eigenvalue weighted by molar-refractivity contribution is -0.113. The second-order valence-electron chi connectivity index (χ2n) is 7.31. The summed E-state index contributed by atoms with van der Waals surface area (Å²) in [6.07, 6.45) is 1.75. The van der Waals surface area contributed by atoms with E-state index in [4.69, 9.17) is 4.74 Å². The van der Waals surface area contributed by atoms with E-state index in [1.54, 1.807) is 30.3 Å². The zero-order valence-electron chi connectivity index (χ0n) is 18.4. The summed E-state index contributed by atoms with van der Waals surface area (Å²) < 4.78 is 7.77. The van der Waals surface area contributed by atoms with E-state index in [-0.39, 0.29) is 24.1 Å². The number of ether oxygens (including phenoxy) is 1. The monoisotopic (exact) mass is 450 g/mol. The van der Waals surface area contributed by atoms with Gasteiger partial charge in [0.05, 0.1) is 5.75 Å². The van der Waals surface area contributed by atoms with Crippen molar-refractivity contribution in [1.29, 1.82) is 0 Å². The minimum Gasteiger partial charge on any atom is -0.486 e. The van der Waals surface area contributed by atoms with E-state index in [1.807, 2.05) is 29.7 Å². The quantitative estimate of drug-likeness (QED) is 0.276. The molecule has 3 aromatic rings. The van der Waals surface area contributed by atoms with Crippen molar-refractivity contribution in [3.8, 4) is 5.75 Å². The molecule has 0 saturated carbocycles. The van der Waals surface area contributed by atoms with Gasteiger partial charge in [0.25, 0.3) is 0 Å². The first-order valence-corrected chi connectivity index (χ1v) is 11.1. The average Bonchev–Trinajstić information content (AvgIpc) is 3.15. The first-order chi connectivity index (χ1) is 15.4. The minimum atomic E-state index is -0.197. The SMILES string of the molecule is C=CCn1c(COc2ccc(C)c(C)c2)nnc1SCC(=O)Nc1cccc(C(C)=O)c1. The van der Waals surface area contributed by atoms with Gasteiger partial charge in [0, 0.05) is 17.8 Å². The number of amides is 1. The minimum absolute atomic E-state index is 0.0523. The van der Waals surface area contributed by atoms with Crippen molar-refractivity contribution in [2.45, 2.75) is 39.1 Å². The second kappa shape index (κ2) is 10.8. The van der Waals surface area contributed by atoms with Crippen LogP contribution in [-0.2, 0) is 17.9 Å². The Morgan fingerprint density at radius 1 is 1.16 bits per heavy atom. The van der Waals surface area contributed by atoms with E-state index in [9.17, 15) is 9.59 Å². The molecule has 0 radical (unpaired) electrons. The fraction of sp³-hybridized carbons (Fsp3) is 0.250. The fourth-order valence-electron chi connectivity index (χ4n) is 2.94. The van der Waals surface area contributed by atoms with Crippen LogP contribution in [0.2, 0.25) is 0 Å². The number of nitrogens with one attached hydrogen (secondary N) is 1. The molecule has 1 heterocycles. The van der Waals surface area contributed by atoms with E-state index in [1.165, 1.54) is 24.2 Å². The predicted molar refractivity (Wildman–Crippen MR) is 126 cm³/mol. The number of benzene rings is 2. The standard InChI is InChI=1S/C24H26N4O3S/c1-5-11-28-22(14-31-21-10-9-16(2)17(3)12-21)26-27-24(28)32-15-23(30)25-20-8-6-7-19(13-20)18(4)29/h5-10,12-13H,1,11,14-15H2,2-4H3,(H,25,30). The molecular weight excluding hydrogens is 424 g/mol. The van der Waals surface area contributed by atoms with Crippen molar-refractivity contribution in [2.24, 2.45) is 0 Å². The van der Waals surface area contributed by atoms with E-state index < -0.39 is 0 Å². The van der Waals surface area contributed by atoms with Crippen molar-refractivity contribution < 1.29 is 14.3 Å². The van der Waals surface area contributed by atoms with Gasteiger partial charge in [0.1, 0.15) is 12.4 Å². The van der Waals surface area contributed by atoms with Gasteiger partial charge in [-0.25, -0.2) is 0 Å². The highest BCUT2D eigenvalue weighted by Gasteiger charge is 2.14. The summed E-state index contributed by atoms with van der Waals surface area (Å²) in [4.78, 5) is 23.9. The zero-order chi connectivity index (χ0) is 23.1. The van der Waals surface area contributed by atoms with E-state index >= 15 is 0 Å². The Morgan fingerprint density at radius 3 is 2.69 bits per heavy atom. The molecule has 0 atom stereocenters. The first-order valence-electron chi connectivity index (χ1n) is 10.1. The number of Topliss-reactive ketones (excluding diaryl/α,β-unsaturated/α-hetero) is 1. The number of hydrogen-bond acceptors (Lipinski definition) is 6. The summed E-state index contributed by atoms with van der Waals surface area (Å²) in [5.41, 5.74) is 3.50. The number of thioether (sulfide) groups is 1. The highest BCUT2D eigenvalue weighted by atomic mass is 32.2. The third-order valence-corrected chi connectivity index (χ3v) is 5.80. The summed E-state index contributed by atoms with van der Waals surface area (Å²) in [7, 11) is 0. The van der Waals surface area contributed by atoms with Gasteiger partial charge in [-0.2, -0.15) is 0 Å². The molecule has 0 spiro atoms. The predicted octanol–water partition coefficient (Wildman–Crippen LogP) is 4.59. The van der Waals surface area contributed by atoms with Crippen molar-refractivity contribution in [3.05, 3.63) is 77.6 Å². The van der Waals surface area contributed by atoms with E-state index in [0.29, 0.717) is 28.8 Å². The van der Waals surface area contributed by atoms with Gasteiger partial charge in [-0.15, -0.1) is 16.8 Å². The Morgan fingerprint density at radius 2 is 1.97 bits per heavy atom. The van der Waals surface area contributed by atoms with Crippen LogP contribution in [-0.4, -0.2) is 32.2 Å². The molecule has 8 heteroatoms. The molecule has 0 aliphatic carbocycles. The van der Waals surface area contributed by atoms with Crippen molar-refractivity contribution in [3.63, 3.8) is 0 Å². The van der Waals surface area contributed by atoms with Gasteiger partial charge in [0.2, 0.25) is 5.91 Å². The lowest BCUT2D eigenvalue weighted by Gasteiger charge is -2.10. The smallest absolute Gasteiger partial charge is 0.234 e. The Labute approximate surface area is 191 Å². The molecule has 0 aliphatic rings. The van der Waals surface area contributed by atoms with Crippen LogP contribution in [0.5, 0.6) is 5.75 Å². The molecule has 0 aliphatic heterocycles. The summed E-state index contributed by atoms with van der Waals surface area (Å²) in [5, 5.41) is 11.9. The number of carbonyl (C=O) groups excluding carboxylic acids is 2. The van der Waals surface area contributed by atoms with Crippen molar-refractivity contribution in [1.82, 2.24) is 14.8 Å². The third-order valence-electron chi connectivity index (χ3n) is 4.84. The molecule has 0 bridgehead atoms. The van der Waals surface area contributed by atoms with Gasteiger partial charge in [0.15, 0.2) is 16.8 Å². The number of aryl methyl sites for hydroxylation is 2. The fourth-order valence-corrected chi connectivity index (χ4v) is 3.71. The maximum Gasteiger partial charge on any atom is 0.234 e. The highest BCUT2D eigenvalue weighted by Crippen LogP contribution is 2.21. The van der Waals surface area contributed by atoms with Crippen molar-refractivity contribution >= 4 is 29.1 Å². The third kappa shape index (κ3) is 6.07. The number of allylic oxidation sites excluding steroid dienone is 1. The number of ketones is 1. The van der Waals surface area contributed by atoms with Crippen LogP contribution in [0.3, 0.4) is 0 Å². The number of hydrogen-bond donors (Lipinski definition) is 1. The normalized spacial score (nSPS) is 10.6. The van der Waals surface area contributed by atoms with Gasteiger partial charge in [-0.3, -0.25) is 14.2 Å². The second-order valence-corrected chi connectivity index (χ2v) is 8.25. The zero-order valence-corrected chi connectivity index (χ0v) is 19.2. The first kappa shape index (κ1) is 23.3. The van der Waals surface area contributed by atoms with Crippen LogP contribution in [0.15, 0.2) is 60.3 Å². The van der Waals surface area contributed by atoms with Gasteiger partial charge >= 0.3 is 0 Å². The average molecular weight is 451 g/mol. The molecule has 2 aromatic carbocycles. The topological polar surface area (TPSA) is 86.1 Å². The van der Waals surface area contributed by atoms with E-state index in [2.05, 4.69) is 29.0 Å². The molecule has 0 fully saturated rings. The van der Waals surface area contributed by atoms with Gasteiger partial charge in [-0.1, -0.05) is 36.0 Å². The number of anilines is 1. The van der Waals surface area contributed by atoms with E-state index in [0.717, 1.165) is 11.3 Å². The Kier molecular flexibility index (Phi) is 7.83. The number of nitrogens with zero attached hydrogens (tertiary/aromatic N) is 3. The number of aromatic nitrogens is 3. The van der Waals surface area contributed by atoms with Crippen LogP contribution in [0.1, 0.15) is 34.2 Å². The molecule has 7 nitrogen and oxygen atoms in total.